The summed E-state index contributed by atoms with van der Waals surface area (Å²) >= 11 is 0. The highest BCUT2D eigenvalue weighted by Crippen LogP contribution is 2.18. The predicted molar refractivity (Wildman–Crippen MR) is 63.0 cm³/mol. The Labute approximate surface area is 98.8 Å². The van der Waals surface area contributed by atoms with Gasteiger partial charge >= 0.3 is 0 Å². The molecule has 6 nitrogen and oxygen atoms in total. The van der Waals surface area contributed by atoms with Gasteiger partial charge in [0.05, 0.1) is 11.3 Å². The fourth-order valence-electron chi connectivity index (χ4n) is 1.74. The van der Waals surface area contributed by atoms with E-state index >= 15 is 0 Å². The molecule has 2 heterocycles. The SMILES string of the molecule is N#Cc1cnc(NC2CCCNC2=O)c(N)c1. The predicted octanol–water partition coefficient (Wildman–Crippen LogP) is 0.226. The number of piperidine rings is 1. The number of carbonyl (C=O) groups is 1. The number of nitrogens with one attached hydrogen (secondary N) is 2. The minimum absolute atomic E-state index is 0.0400. The molecule has 4 N–H and O–H groups in total. The van der Waals surface area contributed by atoms with Gasteiger partial charge in [0, 0.05) is 12.7 Å². The number of rotatable bonds is 2. The van der Waals surface area contributed by atoms with Gasteiger partial charge in [-0.05, 0) is 18.9 Å². The lowest BCUT2D eigenvalue weighted by molar-refractivity contribution is -0.123. The van der Waals surface area contributed by atoms with Crippen molar-refractivity contribution in [3.05, 3.63) is 17.8 Å². The minimum atomic E-state index is -0.300. The second-order valence-corrected chi connectivity index (χ2v) is 3.90. The van der Waals surface area contributed by atoms with E-state index in [1.54, 1.807) is 0 Å². The molecule has 1 aromatic heterocycles. The van der Waals surface area contributed by atoms with Gasteiger partial charge in [0.25, 0.3) is 0 Å². The van der Waals surface area contributed by atoms with E-state index in [9.17, 15) is 4.79 Å². The van der Waals surface area contributed by atoms with Crippen molar-refractivity contribution >= 4 is 17.4 Å². The van der Waals surface area contributed by atoms with Crippen LogP contribution in [-0.4, -0.2) is 23.5 Å². The molecule has 1 unspecified atom stereocenters. The number of nitriles is 1. The lowest BCUT2D eigenvalue weighted by Crippen LogP contribution is -2.44. The number of hydrogen-bond acceptors (Lipinski definition) is 5. The summed E-state index contributed by atoms with van der Waals surface area (Å²) in [5.74, 6) is 0.410. The number of nitrogen functional groups attached to an aromatic ring is 1. The van der Waals surface area contributed by atoms with Crippen LogP contribution in [0.1, 0.15) is 18.4 Å². The van der Waals surface area contributed by atoms with Gasteiger partial charge in [-0.3, -0.25) is 4.79 Å². The summed E-state index contributed by atoms with van der Waals surface area (Å²) in [6.07, 6.45) is 3.12. The van der Waals surface area contributed by atoms with Crippen molar-refractivity contribution in [2.24, 2.45) is 0 Å². The van der Waals surface area contributed by atoms with Crippen molar-refractivity contribution in [2.45, 2.75) is 18.9 Å². The van der Waals surface area contributed by atoms with E-state index in [1.807, 2.05) is 6.07 Å². The third kappa shape index (κ3) is 2.45. The average Bonchev–Trinajstić information content (AvgIpc) is 2.34. The fraction of sp³-hybridized carbons (Fsp3) is 0.364. The van der Waals surface area contributed by atoms with Crippen LogP contribution in [0.25, 0.3) is 0 Å². The number of anilines is 2. The first kappa shape index (κ1) is 11.2. The molecule has 0 aromatic carbocycles. The summed E-state index contributed by atoms with van der Waals surface area (Å²) in [5, 5.41) is 14.5. The van der Waals surface area contributed by atoms with Gasteiger partial charge in [0.2, 0.25) is 5.91 Å². The second-order valence-electron chi connectivity index (χ2n) is 3.90. The highest BCUT2D eigenvalue weighted by atomic mass is 16.2. The van der Waals surface area contributed by atoms with E-state index in [2.05, 4.69) is 15.6 Å². The molecule has 0 spiro atoms. The van der Waals surface area contributed by atoms with Gasteiger partial charge in [-0.2, -0.15) is 5.26 Å². The van der Waals surface area contributed by atoms with Crippen molar-refractivity contribution < 1.29 is 4.79 Å². The minimum Gasteiger partial charge on any atom is -0.396 e. The number of hydrogen-bond donors (Lipinski definition) is 3. The summed E-state index contributed by atoms with van der Waals surface area (Å²) in [7, 11) is 0. The molecule has 1 saturated heterocycles. The highest BCUT2D eigenvalue weighted by molar-refractivity contribution is 5.85. The largest absolute Gasteiger partial charge is 0.396 e. The Hall–Kier alpha value is -2.29. The first-order chi connectivity index (χ1) is 8.20. The quantitative estimate of drug-likeness (QED) is 0.675. The van der Waals surface area contributed by atoms with Crippen LogP contribution in [0.4, 0.5) is 11.5 Å². The zero-order chi connectivity index (χ0) is 12.3. The maximum atomic E-state index is 11.5. The van der Waals surface area contributed by atoms with E-state index in [-0.39, 0.29) is 11.9 Å². The molecule has 0 radical (unpaired) electrons. The molecule has 1 aromatic rings. The molecule has 1 amide bonds. The first-order valence-electron chi connectivity index (χ1n) is 5.40. The van der Waals surface area contributed by atoms with Crippen LogP contribution in [0, 0.1) is 11.3 Å². The van der Waals surface area contributed by atoms with E-state index < -0.39 is 0 Å². The number of aromatic nitrogens is 1. The first-order valence-corrected chi connectivity index (χ1v) is 5.40. The van der Waals surface area contributed by atoms with Crippen molar-refractivity contribution in [3.63, 3.8) is 0 Å². The Morgan fingerprint density at radius 3 is 3.12 bits per heavy atom. The summed E-state index contributed by atoms with van der Waals surface area (Å²) in [5.41, 5.74) is 6.53. The van der Waals surface area contributed by atoms with Crippen LogP contribution in [0.3, 0.4) is 0 Å². The second kappa shape index (κ2) is 4.70. The van der Waals surface area contributed by atoms with Gasteiger partial charge in [-0.1, -0.05) is 0 Å². The Morgan fingerprint density at radius 1 is 1.65 bits per heavy atom. The van der Waals surface area contributed by atoms with E-state index in [0.717, 1.165) is 12.8 Å². The summed E-state index contributed by atoms with van der Waals surface area (Å²) in [6, 6.07) is 3.20. The van der Waals surface area contributed by atoms with Crippen LogP contribution >= 0.6 is 0 Å². The van der Waals surface area contributed by atoms with Crippen LogP contribution in [-0.2, 0) is 4.79 Å². The van der Waals surface area contributed by atoms with Gasteiger partial charge in [-0.15, -0.1) is 0 Å². The Balaban J connectivity index is 2.13. The summed E-state index contributed by atoms with van der Waals surface area (Å²) in [4.78, 5) is 15.6. The van der Waals surface area contributed by atoms with Gasteiger partial charge in [0.15, 0.2) is 0 Å². The van der Waals surface area contributed by atoms with Crippen molar-refractivity contribution in [1.82, 2.24) is 10.3 Å². The summed E-state index contributed by atoms with van der Waals surface area (Å²) < 4.78 is 0. The smallest absolute Gasteiger partial charge is 0.242 e. The molecule has 1 fully saturated rings. The lowest BCUT2D eigenvalue weighted by atomic mass is 10.1. The maximum Gasteiger partial charge on any atom is 0.242 e. The molecule has 17 heavy (non-hydrogen) atoms. The Bertz CT molecular complexity index is 479. The normalized spacial score (nSPS) is 19.2. The molecule has 2 rings (SSSR count). The average molecular weight is 231 g/mol. The van der Waals surface area contributed by atoms with Crippen LogP contribution in [0.15, 0.2) is 12.3 Å². The Kier molecular flexibility index (Phi) is 3.10. The molecule has 88 valence electrons. The zero-order valence-corrected chi connectivity index (χ0v) is 9.23. The Morgan fingerprint density at radius 2 is 2.47 bits per heavy atom. The number of amides is 1. The molecule has 0 saturated carbocycles. The molecular weight excluding hydrogens is 218 g/mol. The number of nitrogens with two attached hydrogens (primary N) is 1. The van der Waals surface area contributed by atoms with E-state index in [0.29, 0.717) is 23.6 Å². The van der Waals surface area contributed by atoms with Gasteiger partial charge in [0.1, 0.15) is 17.9 Å². The number of nitrogens with zero attached hydrogens (tertiary/aromatic N) is 2. The molecule has 1 aliphatic heterocycles. The fourth-order valence-corrected chi connectivity index (χ4v) is 1.74. The monoisotopic (exact) mass is 231 g/mol. The molecule has 1 aliphatic rings. The zero-order valence-electron chi connectivity index (χ0n) is 9.23. The molecule has 6 heteroatoms. The molecule has 1 atom stereocenters. The highest BCUT2D eigenvalue weighted by Gasteiger charge is 2.22. The third-order valence-electron chi connectivity index (χ3n) is 2.64. The lowest BCUT2D eigenvalue weighted by Gasteiger charge is -2.23. The van der Waals surface area contributed by atoms with E-state index in [1.165, 1.54) is 12.3 Å². The molecular formula is C11H13N5O. The van der Waals surface area contributed by atoms with Crippen molar-refractivity contribution in [2.75, 3.05) is 17.6 Å². The maximum absolute atomic E-state index is 11.5. The number of carbonyl (C=O) groups excluding carboxylic acids is 1. The van der Waals surface area contributed by atoms with E-state index in [4.69, 9.17) is 11.0 Å². The van der Waals surface area contributed by atoms with Gasteiger partial charge in [-0.25, -0.2) is 4.98 Å². The van der Waals surface area contributed by atoms with Crippen molar-refractivity contribution in [1.29, 1.82) is 5.26 Å². The van der Waals surface area contributed by atoms with Gasteiger partial charge < -0.3 is 16.4 Å². The van der Waals surface area contributed by atoms with Crippen LogP contribution < -0.4 is 16.4 Å². The van der Waals surface area contributed by atoms with Crippen LogP contribution in [0.5, 0.6) is 0 Å². The summed E-state index contributed by atoms with van der Waals surface area (Å²) in [6.45, 7) is 0.716. The molecule has 0 aliphatic carbocycles. The number of pyridine rings is 1. The van der Waals surface area contributed by atoms with Crippen LogP contribution in [0.2, 0.25) is 0 Å². The standard InChI is InChI=1S/C11H13N5O/c12-5-7-4-8(13)10(15-6-7)16-9-2-1-3-14-11(9)17/h4,6,9H,1-3,13H2,(H,14,17)(H,15,16). The topological polar surface area (TPSA) is 104 Å². The molecule has 0 bridgehead atoms. The third-order valence-corrected chi connectivity index (χ3v) is 2.64. The van der Waals surface area contributed by atoms with Crippen molar-refractivity contribution in [3.8, 4) is 6.07 Å².